The SMILES string of the molecule is CC(=O)c1ccc(C)cc1C(C)C. The van der Waals surface area contributed by atoms with Gasteiger partial charge >= 0.3 is 0 Å². The van der Waals surface area contributed by atoms with E-state index in [9.17, 15) is 4.79 Å². The molecule has 0 bridgehead atoms. The maximum absolute atomic E-state index is 11.3. The van der Waals surface area contributed by atoms with Crippen molar-refractivity contribution in [2.45, 2.75) is 33.6 Å². The van der Waals surface area contributed by atoms with Gasteiger partial charge in [-0.2, -0.15) is 0 Å². The van der Waals surface area contributed by atoms with Crippen LogP contribution in [0.25, 0.3) is 0 Å². The molecule has 0 saturated carbocycles. The summed E-state index contributed by atoms with van der Waals surface area (Å²) in [6.45, 7) is 7.90. The second-order valence-electron chi connectivity index (χ2n) is 3.80. The van der Waals surface area contributed by atoms with Crippen LogP contribution in [0.3, 0.4) is 0 Å². The summed E-state index contributed by atoms with van der Waals surface area (Å²) in [5.41, 5.74) is 3.24. The fraction of sp³-hybridized carbons (Fsp3) is 0.417. The van der Waals surface area contributed by atoms with Crippen molar-refractivity contribution >= 4 is 5.78 Å². The van der Waals surface area contributed by atoms with Crippen LogP contribution < -0.4 is 0 Å². The zero-order valence-corrected chi connectivity index (χ0v) is 8.72. The molecule has 0 amide bonds. The van der Waals surface area contributed by atoms with Crippen LogP contribution >= 0.6 is 0 Å². The standard InChI is InChI=1S/C12H16O/c1-8(2)12-7-9(3)5-6-11(12)10(4)13/h5-8H,1-4H3. The maximum atomic E-state index is 11.3. The molecule has 0 fully saturated rings. The number of ketones is 1. The normalized spacial score (nSPS) is 10.5. The number of benzene rings is 1. The number of carbonyl (C=O) groups is 1. The van der Waals surface area contributed by atoms with Gasteiger partial charge in [-0.15, -0.1) is 0 Å². The molecule has 70 valence electrons. The zero-order chi connectivity index (χ0) is 10.0. The van der Waals surface area contributed by atoms with Gasteiger partial charge in [0, 0.05) is 5.56 Å². The summed E-state index contributed by atoms with van der Waals surface area (Å²) in [5, 5.41) is 0. The molecule has 1 nitrogen and oxygen atoms in total. The Balaban J connectivity index is 3.26. The minimum absolute atomic E-state index is 0.156. The molecule has 0 unspecified atom stereocenters. The first-order chi connectivity index (χ1) is 6.02. The highest BCUT2D eigenvalue weighted by Crippen LogP contribution is 2.21. The van der Waals surface area contributed by atoms with Crippen LogP contribution in [-0.2, 0) is 0 Å². The summed E-state index contributed by atoms with van der Waals surface area (Å²) in [4.78, 5) is 11.3. The lowest BCUT2D eigenvalue weighted by Crippen LogP contribution is -2.01. The van der Waals surface area contributed by atoms with Crippen molar-refractivity contribution in [2.75, 3.05) is 0 Å². The monoisotopic (exact) mass is 176 g/mol. The molecule has 13 heavy (non-hydrogen) atoms. The smallest absolute Gasteiger partial charge is 0.160 e. The Hall–Kier alpha value is -1.11. The largest absolute Gasteiger partial charge is 0.295 e. The first kappa shape index (κ1) is 9.97. The van der Waals surface area contributed by atoms with Gasteiger partial charge in [-0.3, -0.25) is 4.79 Å². The third kappa shape index (κ3) is 2.18. The van der Waals surface area contributed by atoms with Crippen molar-refractivity contribution in [3.63, 3.8) is 0 Å². The average Bonchev–Trinajstić information content (AvgIpc) is 2.03. The van der Waals surface area contributed by atoms with E-state index in [2.05, 4.69) is 26.8 Å². The molecule has 0 aromatic heterocycles. The van der Waals surface area contributed by atoms with Crippen LogP contribution in [-0.4, -0.2) is 5.78 Å². The van der Waals surface area contributed by atoms with Gasteiger partial charge in [-0.05, 0) is 25.3 Å². The molecule has 0 heterocycles. The van der Waals surface area contributed by atoms with Crippen LogP contribution in [0, 0.1) is 6.92 Å². The van der Waals surface area contributed by atoms with E-state index in [1.54, 1.807) is 6.92 Å². The lowest BCUT2D eigenvalue weighted by atomic mass is 9.93. The molecule has 1 aromatic carbocycles. The Labute approximate surface area is 79.8 Å². The quantitative estimate of drug-likeness (QED) is 0.632. The summed E-state index contributed by atoms with van der Waals surface area (Å²) in [6, 6.07) is 6.01. The van der Waals surface area contributed by atoms with Crippen molar-refractivity contribution in [1.29, 1.82) is 0 Å². The molecule has 0 radical (unpaired) electrons. The summed E-state index contributed by atoms with van der Waals surface area (Å²) < 4.78 is 0. The van der Waals surface area contributed by atoms with Gasteiger partial charge in [-0.25, -0.2) is 0 Å². The average molecular weight is 176 g/mol. The molecular formula is C12H16O. The molecule has 1 aromatic rings. The van der Waals surface area contributed by atoms with Gasteiger partial charge in [-0.1, -0.05) is 37.6 Å². The molecule has 0 spiro atoms. The van der Waals surface area contributed by atoms with Crippen molar-refractivity contribution in [1.82, 2.24) is 0 Å². The zero-order valence-electron chi connectivity index (χ0n) is 8.72. The Bertz CT molecular complexity index is 324. The van der Waals surface area contributed by atoms with Crippen LogP contribution in [0.1, 0.15) is 48.2 Å². The minimum Gasteiger partial charge on any atom is -0.295 e. The van der Waals surface area contributed by atoms with E-state index in [0.29, 0.717) is 5.92 Å². The summed E-state index contributed by atoms with van der Waals surface area (Å²) in [7, 11) is 0. The summed E-state index contributed by atoms with van der Waals surface area (Å²) in [5.74, 6) is 0.572. The summed E-state index contributed by atoms with van der Waals surface area (Å²) in [6.07, 6.45) is 0. The second-order valence-corrected chi connectivity index (χ2v) is 3.80. The van der Waals surface area contributed by atoms with Gasteiger partial charge in [0.1, 0.15) is 0 Å². The van der Waals surface area contributed by atoms with Crippen molar-refractivity contribution in [3.05, 3.63) is 34.9 Å². The topological polar surface area (TPSA) is 17.1 Å². The summed E-state index contributed by atoms with van der Waals surface area (Å²) >= 11 is 0. The van der Waals surface area contributed by atoms with Gasteiger partial charge in [0.2, 0.25) is 0 Å². The van der Waals surface area contributed by atoms with Crippen LogP contribution in [0.5, 0.6) is 0 Å². The predicted molar refractivity (Wildman–Crippen MR) is 55.3 cm³/mol. The molecule has 1 heteroatoms. The van der Waals surface area contributed by atoms with Crippen LogP contribution in [0.4, 0.5) is 0 Å². The third-order valence-electron chi connectivity index (χ3n) is 2.21. The number of hydrogen-bond acceptors (Lipinski definition) is 1. The number of Topliss-reactive ketones (excluding diaryl/α,β-unsaturated/α-hetero) is 1. The lowest BCUT2D eigenvalue weighted by Gasteiger charge is -2.11. The number of hydrogen-bond donors (Lipinski definition) is 0. The van der Waals surface area contributed by atoms with Gasteiger partial charge < -0.3 is 0 Å². The second kappa shape index (κ2) is 3.73. The molecule has 1 rings (SSSR count). The van der Waals surface area contributed by atoms with Gasteiger partial charge in [0.15, 0.2) is 5.78 Å². The van der Waals surface area contributed by atoms with Crippen LogP contribution in [0.15, 0.2) is 18.2 Å². The van der Waals surface area contributed by atoms with E-state index in [1.165, 1.54) is 5.56 Å². The van der Waals surface area contributed by atoms with Crippen molar-refractivity contribution in [3.8, 4) is 0 Å². The number of rotatable bonds is 2. The highest BCUT2D eigenvalue weighted by atomic mass is 16.1. The maximum Gasteiger partial charge on any atom is 0.160 e. The highest BCUT2D eigenvalue weighted by Gasteiger charge is 2.09. The molecular weight excluding hydrogens is 160 g/mol. The van der Waals surface area contributed by atoms with Gasteiger partial charge in [0.25, 0.3) is 0 Å². The van der Waals surface area contributed by atoms with E-state index < -0.39 is 0 Å². The number of aryl methyl sites for hydroxylation is 1. The first-order valence-electron chi connectivity index (χ1n) is 4.64. The fourth-order valence-electron chi connectivity index (χ4n) is 1.48. The molecule has 0 atom stereocenters. The first-order valence-corrected chi connectivity index (χ1v) is 4.64. The lowest BCUT2D eigenvalue weighted by molar-refractivity contribution is 0.101. The van der Waals surface area contributed by atoms with E-state index >= 15 is 0 Å². The van der Waals surface area contributed by atoms with Gasteiger partial charge in [0.05, 0.1) is 0 Å². The fourth-order valence-corrected chi connectivity index (χ4v) is 1.48. The van der Waals surface area contributed by atoms with E-state index in [1.807, 2.05) is 12.1 Å². The molecule has 0 saturated heterocycles. The van der Waals surface area contributed by atoms with E-state index in [4.69, 9.17) is 0 Å². The van der Waals surface area contributed by atoms with Crippen LogP contribution in [0.2, 0.25) is 0 Å². The van der Waals surface area contributed by atoms with Crippen molar-refractivity contribution < 1.29 is 4.79 Å². The highest BCUT2D eigenvalue weighted by molar-refractivity contribution is 5.95. The third-order valence-corrected chi connectivity index (χ3v) is 2.21. The Kier molecular flexibility index (Phi) is 2.86. The molecule has 0 aliphatic carbocycles. The molecule has 0 N–H and O–H groups in total. The van der Waals surface area contributed by atoms with Crippen molar-refractivity contribution in [2.24, 2.45) is 0 Å². The Morgan fingerprint density at radius 3 is 2.38 bits per heavy atom. The number of carbonyl (C=O) groups excluding carboxylic acids is 1. The Morgan fingerprint density at radius 2 is 1.92 bits per heavy atom. The minimum atomic E-state index is 0.156. The predicted octanol–water partition coefficient (Wildman–Crippen LogP) is 3.32. The Morgan fingerprint density at radius 1 is 1.31 bits per heavy atom. The molecule has 0 aliphatic heterocycles. The molecule has 0 aliphatic rings. The van der Waals surface area contributed by atoms with E-state index in [0.717, 1.165) is 11.1 Å². The van der Waals surface area contributed by atoms with E-state index in [-0.39, 0.29) is 5.78 Å².